The molecule has 42 heavy (non-hydrogen) atoms. The minimum absolute atomic E-state index is 0.0673. The maximum Gasteiger partial charge on any atom is 0.488 e. The van der Waals surface area contributed by atoms with E-state index in [2.05, 4.69) is 28.4 Å². The number of fused-ring (bicyclic) bond motifs is 3. The molecule has 1 fully saturated rings. The zero-order valence-corrected chi connectivity index (χ0v) is 25.7. The molecular weight excluding hydrogens is 607 g/mol. The Morgan fingerprint density at radius 1 is 0.881 bits per heavy atom. The average Bonchev–Trinajstić information content (AvgIpc) is 3.25. The van der Waals surface area contributed by atoms with E-state index in [1.54, 1.807) is 18.7 Å². The van der Waals surface area contributed by atoms with Gasteiger partial charge in [-0.15, -0.1) is 0 Å². The summed E-state index contributed by atoms with van der Waals surface area (Å²) in [6.07, 6.45) is -0.449. The van der Waals surface area contributed by atoms with Crippen LogP contribution in [0.15, 0.2) is 48.5 Å². The Labute approximate surface area is 249 Å². The van der Waals surface area contributed by atoms with E-state index >= 15 is 0 Å². The van der Waals surface area contributed by atoms with Gasteiger partial charge in [0.25, 0.3) is 0 Å². The number of anilines is 1. The maximum absolute atomic E-state index is 13.6. The van der Waals surface area contributed by atoms with Crippen LogP contribution < -0.4 is 9.08 Å². The van der Waals surface area contributed by atoms with E-state index in [4.69, 9.17) is 15.4 Å². The quantitative estimate of drug-likeness (QED) is 0.320. The topological polar surface area (TPSA) is 110 Å². The monoisotopic (exact) mass is 636 g/mol. The maximum atomic E-state index is 13.6. The van der Waals surface area contributed by atoms with Crippen LogP contribution in [0.2, 0.25) is 0 Å². The summed E-state index contributed by atoms with van der Waals surface area (Å²) in [6.45, 7) is 6.18. The van der Waals surface area contributed by atoms with E-state index < -0.39 is 31.4 Å². The summed E-state index contributed by atoms with van der Waals surface area (Å²) in [7, 11) is -3.88. The van der Waals surface area contributed by atoms with Gasteiger partial charge in [0.15, 0.2) is 5.75 Å². The van der Waals surface area contributed by atoms with Crippen LogP contribution in [0.1, 0.15) is 39.3 Å². The molecule has 1 aliphatic heterocycles. The highest BCUT2D eigenvalue weighted by Gasteiger charge is 2.32. The molecule has 224 valence electrons. The van der Waals surface area contributed by atoms with E-state index in [1.165, 1.54) is 6.92 Å². The van der Waals surface area contributed by atoms with Gasteiger partial charge in [-0.2, -0.15) is 8.42 Å². The Morgan fingerprint density at radius 2 is 1.43 bits per heavy atom. The van der Waals surface area contributed by atoms with E-state index in [1.807, 2.05) is 29.2 Å². The lowest BCUT2D eigenvalue weighted by atomic mass is 9.95. The predicted octanol–water partition coefficient (Wildman–Crippen LogP) is 5.34. The zero-order valence-electron chi connectivity index (χ0n) is 23.3. The largest absolute Gasteiger partial charge is 0.488 e. The van der Waals surface area contributed by atoms with Gasteiger partial charge in [0.1, 0.15) is 6.61 Å². The second-order valence-corrected chi connectivity index (χ2v) is 14.2. The highest BCUT2D eigenvalue weighted by atomic mass is 35.7. The van der Waals surface area contributed by atoms with Crippen molar-refractivity contribution in [2.24, 2.45) is 0 Å². The third kappa shape index (κ3) is 6.06. The van der Waals surface area contributed by atoms with Crippen LogP contribution in [0, 0.1) is 20.8 Å². The minimum atomic E-state index is -5.38. The van der Waals surface area contributed by atoms with E-state index in [0.29, 0.717) is 43.0 Å². The third-order valence-corrected chi connectivity index (χ3v) is 9.31. The summed E-state index contributed by atoms with van der Waals surface area (Å²) in [5.41, 5.74) is 6.27. The molecule has 9 nitrogen and oxygen atoms in total. The Hall–Kier alpha value is -3.35. The highest BCUT2D eigenvalue weighted by Crippen LogP contribution is 2.45. The first kappa shape index (κ1) is 30.1. The Kier molecular flexibility index (Phi) is 8.16. The van der Waals surface area contributed by atoms with Gasteiger partial charge in [-0.1, -0.05) is 52.4 Å². The van der Waals surface area contributed by atoms with Crippen LogP contribution in [-0.4, -0.2) is 60.6 Å². The van der Waals surface area contributed by atoms with Gasteiger partial charge in [-0.05, 0) is 59.7 Å². The first-order chi connectivity index (χ1) is 19.7. The number of benzene rings is 3. The van der Waals surface area contributed by atoms with Crippen LogP contribution in [-0.2, 0) is 30.0 Å². The first-order valence-corrected chi connectivity index (χ1v) is 17.1. The van der Waals surface area contributed by atoms with Crippen molar-refractivity contribution in [1.82, 2.24) is 4.90 Å². The fourth-order valence-corrected chi connectivity index (χ4v) is 7.67. The Bertz CT molecular complexity index is 1670. The third-order valence-electron chi connectivity index (χ3n) is 7.99. The summed E-state index contributed by atoms with van der Waals surface area (Å²) < 4.78 is 70.7. The van der Waals surface area contributed by atoms with Crippen LogP contribution >= 0.6 is 10.7 Å². The van der Waals surface area contributed by atoms with Gasteiger partial charge in [0, 0.05) is 54.0 Å². The molecule has 0 aromatic heterocycles. The van der Waals surface area contributed by atoms with Gasteiger partial charge >= 0.3 is 16.6 Å². The summed E-state index contributed by atoms with van der Waals surface area (Å²) in [6, 6.07) is 16.2. The molecule has 3 aromatic carbocycles. The lowest BCUT2D eigenvalue weighted by Crippen LogP contribution is -2.49. The van der Waals surface area contributed by atoms with E-state index in [0.717, 1.165) is 22.3 Å². The molecule has 0 spiro atoms. The van der Waals surface area contributed by atoms with Crippen molar-refractivity contribution in [2.75, 3.05) is 37.7 Å². The fraction of sp³-hybridized carbons (Fsp3) is 0.345. The van der Waals surface area contributed by atoms with Crippen LogP contribution in [0.5, 0.6) is 5.75 Å². The number of amides is 1. The van der Waals surface area contributed by atoms with Crippen molar-refractivity contribution in [3.63, 3.8) is 0 Å². The standard InChI is InChI=1S/C29H30ClFN2O7S2/c1-18-26(17-41(30,35)36)19(2)28(40-42(31,37)38)20(3)27(18)32-12-14-33(15-13-32)29(34)39-16-25-23-10-6-4-8-21(23)22-9-5-7-11-24(22)25/h4-11,25H,12-17H2,1-3H3. The Morgan fingerprint density at radius 3 is 1.95 bits per heavy atom. The van der Waals surface area contributed by atoms with Gasteiger partial charge in [0.2, 0.25) is 9.05 Å². The van der Waals surface area contributed by atoms with Crippen LogP contribution in [0.25, 0.3) is 11.1 Å². The molecule has 0 saturated carbocycles. The number of halogens is 2. The fourth-order valence-electron chi connectivity index (χ4n) is 6.12. The SMILES string of the molecule is Cc1c(CS(=O)(=O)Cl)c(C)c(N2CCN(C(=O)OCC3c4ccccc4-c4ccccc43)CC2)c(C)c1OS(=O)(=O)F. The molecule has 0 bridgehead atoms. The summed E-state index contributed by atoms with van der Waals surface area (Å²) in [4.78, 5) is 16.6. The molecule has 0 unspecified atom stereocenters. The molecule has 5 rings (SSSR count). The molecule has 0 atom stereocenters. The Balaban J connectivity index is 1.32. The van der Waals surface area contributed by atoms with Crippen LogP contribution in [0.3, 0.4) is 0 Å². The van der Waals surface area contributed by atoms with E-state index in [9.17, 15) is 25.5 Å². The highest BCUT2D eigenvalue weighted by molar-refractivity contribution is 8.13. The molecule has 3 aromatic rings. The van der Waals surface area contributed by atoms with Crippen molar-refractivity contribution >= 4 is 42.0 Å². The number of carbonyl (C=O) groups excluding carboxylic acids is 1. The molecular formula is C29H30ClFN2O7S2. The lowest BCUT2D eigenvalue weighted by Gasteiger charge is -2.38. The first-order valence-electron chi connectivity index (χ1n) is 13.3. The number of nitrogens with zero attached hydrogens (tertiary/aromatic N) is 2. The molecule has 2 aliphatic rings. The smallest absolute Gasteiger partial charge is 0.448 e. The number of rotatable bonds is 7. The second kappa shape index (κ2) is 11.4. The van der Waals surface area contributed by atoms with Gasteiger partial charge in [-0.3, -0.25) is 0 Å². The molecule has 1 saturated heterocycles. The van der Waals surface area contributed by atoms with E-state index in [-0.39, 0.29) is 29.4 Å². The van der Waals surface area contributed by atoms with Crippen molar-refractivity contribution in [3.8, 4) is 16.9 Å². The van der Waals surface area contributed by atoms with Crippen molar-refractivity contribution < 1.29 is 34.4 Å². The molecule has 1 heterocycles. The summed E-state index contributed by atoms with van der Waals surface area (Å²) in [5, 5.41) is 0. The molecule has 1 amide bonds. The minimum Gasteiger partial charge on any atom is -0.448 e. The summed E-state index contributed by atoms with van der Waals surface area (Å²) in [5.74, 6) is -0.947. The predicted molar refractivity (Wildman–Crippen MR) is 159 cm³/mol. The number of carbonyl (C=O) groups is 1. The van der Waals surface area contributed by atoms with Crippen molar-refractivity contribution in [3.05, 3.63) is 81.9 Å². The zero-order chi connectivity index (χ0) is 30.4. The summed E-state index contributed by atoms with van der Waals surface area (Å²) >= 11 is 0. The van der Waals surface area contributed by atoms with Gasteiger partial charge in [-0.25, -0.2) is 13.2 Å². The lowest BCUT2D eigenvalue weighted by molar-refractivity contribution is 0.0976. The second-order valence-electron chi connectivity index (χ2n) is 10.5. The molecule has 0 N–H and O–H groups in total. The van der Waals surface area contributed by atoms with Gasteiger partial charge < -0.3 is 18.7 Å². The molecule has 0 radical (unpaired) electrons. The number of hydrogen-bond donors (Lipinski definition) is 0. The molecule has 1 aliphatic carbocycles. The van der Waals surface area contributed by atoms with Crippen molar-refractivity contribution in [1.29, 1.82) is 0 Å². The van der Waals surface area contributed by atoms with Crippen LogP contribution in [0.4, 0.5) is 14.4 Å². The van der Waals surface area contributed by atoms with Crippen molar-refractivity contribution in [2.45, 2.75) is 32.4 Å². The average molecular weight is 637 g/mol. The normalized spacial score (nSPS) is 15.4. The molecule has 13 heteroatoms. The van der Waals surface area contributed by atoms with Gasteiger partial charge in [0.05, 0.1) is 5.75 Å². The number of ether oxygens (including phenoxy) is 1. The number of hydrogen-bond acceptors (Lipinski definition) is 8. The number of piperazine rings is 1.